The highest BCUT2D eigenvalue weighted by molar-refractivity contribution is 5.77. The average molecular weight is 481 g/mol. The lowest BCUT2D eigenvalue weighted by Crippen LogP contribution is -2.50. The smallest absolute Gasteiger partial charge is 0.223 e. The highest BCUT2D eigenvalue weighted by Gasteiger charge is 2.32. The lowest BCUT2D eigenvalue weighted by molar-refractivity contribution is -0.211. The highest BCUT2D eigenvalue weighted by Crippen LogP contribution is 2.33. The number of ether oxygens (including phenoxy) is 2. The van der Waals surface area contributed by atoms with Gasteiger partial charge in [0.25, 0.3) is 0 Å². The molecule has 0 aliphatic carbocycles. The van der Waals surface area contributed by atoms with Crippen molar-refractivity contribution in [3.8, 4) is 22.6 Å². The SMILES string of the molecule is CC1(N)COC(c2nc(-c3ccc(F)cc3)c(-c3ccnc(NCCCN4C=NCC4)n3)[nH]2)OC1. The molecule has 5 rings (SSSR count). The van der Waals surface area contributed by atoms with E-state index in [0.29, 0.717) is 42.1 Å². The van der Waals surface area contributed by atoms with Crippen LogP contribution in [0.2, 0.25) is 0 Å². The second kappa shape index (κ2) is 10.1. The van der Waals surface area contributed by atoms with E-state index in [4.69, 9.17) is 20.2 Å². The Labute approximate surface area is 202 Å². The maximum Gasteiger partial charge on any atom is 0.223 e. The Morgan fingerprint density at radius 2 is 2.00 bits per heavy atom. The molecule has 4 N–H and O–H groups in total. The van der Waals surface area contributed by atoms with Gasteiger partial charge in [-0.15, -0.1) is 0 Å². The minimum atomic E-state index is -0.687. The van der Waals surface area contributed by atoms with Crippen molar-refractivity contribution in [2.75, 3.05) is 44.7 Å². The van der Waals surface area contributed by atoms with Crippen LogP contribution in [-0.2, 0) is 9.47 Å². The molecule has 3 aromatic rings. The molecule has 4 heterocycles. The van der Waals surface area contributed by atoms with Gasteiger partial charge in [0.15, 0.2) is 5.82 Å². The first-order valence-corrected chi connectivity index (χ1v) is 11.7. The number of aliphatic imine (C=N–C) groups is 1. The quantitative estimate of drug-likeness (QED) is 0.420. The molecule has 10 nitrogen and oxygen atoms in total. The molecule has 2 aromatic heterocycles. The number of benzene rings is 1. The van der Waals surface area contributed by atoms with Crippen molar-refractivity contribution in [1.29, 1.82) is 0 Å². The molecule has 0 bridgehead atoms. The Bertz CT molecular complexity index is 1170. The van der Waals surface area contributed by atoms with Crippen LogP contribution in [0.1, 0.15) is 25.5 Å². The molecule has 184 valence electrons. The van der Waals surface area contributed by atoms with Crippen LogP contribution in [0.15, 0.2) is 41.5 Å². The van der Waals surface area contributed by atoms with Crippen LogP contribution in [0, 0.1) is 5.82 Å². The van der Waals surface area contributed by atoms with E-state index in [-0.39, 0.29) is 5.82 Å². The Morgan fingerprint density at radius 3 is 2.74 bits per heavy atom. The van der Waals surface area contributed by atoms with E-state index < -0.39 is 11.8 Å². The molecule has 35 heavy (non-hydrogen) atoms. The monoisotopic (exact) mass is 480 g/mol. The van der Waals surface area contributed by atoms with Crippen LogP contribution in [0.5, 0.6) is 0 Å². The lowest BCUT2D eigenvalue weighted by atomic mass is 10.1. The number of H-pyrrole nitrogens is 1. The van der Waals surface area contributed by atoms with Crippen LogP contribution in [0.25, 0.3) is 22.6 Å². The maximum atomic E-state index is 13.6. The summed E-state index contributed by atoms with van der Waals surface area (Å²) in [7, 11) is 0. The van der Waals surface area contributed by atoms with E-state index in [1.807, 2.05) is 13.3 Å². The van der Waals surface area contributed by atoms with Gasteiger partial charge in [-0.1, -0.05) is 0 Å². The normalized spacial score (nSPS) is 22.0. The number of aromatic amines is 1. The summed E-state index contributed by atoms with van der Waals surface area (Å²) in [6.45, 7) is 6.04. The highest BCUT2D eigenvalue weighted by atomic mass is 19.1. The zero-order chi connectivity index (χ0) is 24.3. The van der Waals surface area contributed by atoms with Crippen LogP contribution in [0.3, 0.4) is 0 Å². The average Bonchev–Trinajstić information content (AvgIpc) is 3.53. The number of nitrogens with zero attached hydrogens (tertiary/aromatic N) is 5. The Kier molecular flexibility index (Phi) is 6.71. The third-order valence-electron chi connectivity index (χ3n) is 5.77. The van der Waals surface area contributed by atoms with Gasteiger partial charge < -0.3 is 30.4 Å². The van der Waals surface area contributed by atoms with Crippen LogP contribution in [0.4, 0.5) is 10.3 Å². The van der Waals surface area contributed by atoms with Crippen molar-refractivity contribution >= 4 is 12.3 Å². The minimum absolute atomic E-state index is 0.319. The number of halogens is 1. The Morgan fingerprint density at radius 1 is 1.20 bits per heavy atom. The fraction of sp³-hybridized carbons (Fsp3) is 0.417. The molecule has 11 heteroatoms. The van der Waals surface area contributed by atoms with Gasteiger partial charge in [-0.05, 0) is 43.7 Å². The standard InChI is InChI=1S/C24H29FN8O2/c1-24(26)13-34-22(35-14-24)21-31-19(16-3-5-17(25)6-4-16)20(32-21)18-7-9-29-23(30-18)28-8-2-11-33-12-10-27-15-33/h3-7,9,15,22H,2,8,10-14,26H2,1H3,(H,31,32)(H,28,29,30). The minimum Gasteiger partial charge on any atom is -0.361 e. The number of aromatic nitrogens is 4. The molecule has 0 atom stereocenters. The van der Waals surface area contributed by atoms with Gasteiger partial charge in [-0.2, -0.15) is 0 Å². The third kappa shape index (κ3) is 5.64. The van der Waals surface area contributed by atoms with Gasteiger partial charge in [0.05, 0.1) is 48.7 Å². The van der Waals surface area contributed by atoms with Gasteiger partial charge in [-0.25, -0.2) is 19.3 Å². The summed E-state index contributed by atoms with van der Waals surface area (Å²) < 4.78 is 25.2. The number of hydrogen-bond donors (Lipinski definition) is 3. The molecular weight excluding hydrogens is 451 g/mol. The summed E-state index contributed by atoms with van der Waals surface area (Å²) >= 11 is 0. The van der Waals surface area contributed by atoms with Crippen molar-refractivity contribution in [3.05, 3.63) is 48.2 Å². The fourth-order valence-corrected chi connectivity index (χ4v) is 3.94. The number of anilines is 1. The second-order valence-electron chi connectivity index (χ2n) is 9.06. The van der Waals surface area contributed by atoms with Crippen molar-refractivity contribution in [2.45, 2.75) is 25.2 Å². The van der Waals surface area contributed by atoms with Gasteiger partial charge in [0.2, 0.25) is 12.2 Å². The number of imidazole rings is 1. The number of nitrogens with one attached hydrogen (secondary N) is 2. The van der Waals surface area contributed by atoms with E-state index in [1.165, 1.54) is 12.1 Å². The van der Waals surface area contributed by atoms with E-state index in [0.717, 1.165) is 38.2 Å². The molecule has 2 aliphatic heterocycles. The molecule has 1 aromatic carbocycles. The van der Waals surface area contributed by atoms with Crippen LogP contribution in [-0.4, -0.2) is 76.1 Å². The fourth-order valence-electron chi connectivity index (χ4n) is 3.94. The lowest BCUT2D eigenvalue weighted by Gasteiger charge is -2.33. The van der Waals surface area contributed by atoms with Crippen molar-refractivity contribution in [2.24, 2.45) is 10.7 Å². The topological polar surface area (TPSA) is 127 Å². The predicted molar refractivity (Wildman–Crippen MR) is 130 cm³/mol. The molecule has 2 aliphatic rings. The second-order valence-corrected chi connectivity index (χ2v) is 9.06. The Balaban J connectivity index is 1.37. The first kappa shape index (κ1) is 23.3. The Hall–Kier alpha value is -3.41. The molecule has 1 fully saturated rings. The molecule has 0 saturated carbocycles. The number of nitrogens with two attached hydrogens (primary N) is 1. The number of rotatable bonds is 8. The zero-order valence-corrected chi connectivity index (χ0v) is 19.6. The zero-order valence-electron chi connectivity index (χ0n) is 19.6. The van der Waals surface area contributed by atoms with Gasteiger partial charge in [0, 0.05) is 31.4 Å². The van der Waals surface area contributed by atoms with Crippen LogP contribution >= 0.6 is 0 Å². The van der Waals surface area contributed by atoms with Gasteiger partial charge in [0.1, 0.15) is 5.82 Å². The molecule has 0 unspecified atom stereocenters. The molecule has 0 radical (unpaired) electrons. The largest absolute Gasteiger partial charge is 0.361 e. The summed E-state index contributed by atoms with van der Waals surface area (Å²) in [4.78, 5) is 23.5. The van der Waals surface area contributed by atoms with E-state index >= 15 is 0 Å². The summed E-state index contributed by atoms with van der Waals surface area (Å²) in [5, 5.41) is 3.28. The van der Waals surface area contributed by atoms with Crippen LogP contribution < -0.4 is 11.1 Å². The van der Waals surface area contributed by atoms with Crippen molar-refractivity contribution in [1.82, 2.24) is 24.8 Å². The summed E-state index contributed by atoms with van der Waals surface area (Å²) in [5.41, 5.74) is 8.21. The first-order chi connectivity index (χ1) is 17.0. The number of hydrogen-bond acceptors (Lipinski definition) is 9. The van der Waals surface area contributed by atoms with Crippen molar-refractivity contribution < 1.29 is 13.9 Å². The molecule has 0 spiro atoms. The maximum absolute atomic E-state index is 13.6. The van der Waals surface area contributed by atoms with E-state index in [9.17, 15) is 4.39 Å². The first-order valence-electron chi connectivity index (χ1n) is 11.7. The molecule has 1 saturated heterocycles. The van der Waals surface area contributed by atoms with Crippen molar-refractivity contribution in [3.63, 3.8) is 0 Å². The van der Waals surface area contributed by atoms with E-state index in [2.05, 4.69) is 30.2 Å². The third-order valence-corrected chi connectivity index (χ3v) is 5.77. The predicted octanol–water partition coefficient (Wildman–Crippen LogP) is 2.58. The van der Waals surface area contributed by atoms with E-state index in [1.54, 1.807) is 24.4 Å². The molecular formula is C24H29FN8O2. The molecule has 0 amide bonds. The van der Waals surface area contributed by atoms with Gasteiger partial charge in [-0.3, -0.25) is 4.99 Å². The summed E-state index contributed by atoms with van der Waals surface area (Å²) in [5.74, 6) is 0.694. The van der Waals surface area contributed by atoms with Gasteiger partial charge >= 0.3 is 0 Å². The summed E-state index contributed by atoms with van der Waals surface area (Å²) in [6, 6.07) is 7.97. The summed E-state index contributed by atoms with van der Waals surface area (Å²) in [6.07, 6.45) is 3.84.